The Labute approximate surface area is 121 Å². The second-order valence-electron chi connectivity index (χ2n) is 4.50. The number of nitrogens with zero attached hydrogens (tertiary/aromatic N) is 2. The molecule has 0 aliphatic heterocycles. The molecule has 0 atom stereocenters. The average Bonchev–Trinajstić information content (AvgIpc) is 2.92. The van der Waals surface area contributed by atoms with Crippen LogP contribution in [0.3, 0.4) is 0 Å². The lowest BCUT2D eigenvalue weighted by Gasteiger charge is -2.01. The Bertz CT molecular complexity index is 725. The third-order valence-corrected chi connectivity index (χ3v) is 4.24. The molecule has 0 bridgehead atoms. The monoisotopic (exact) mass is 285 g/mol. The van der Waals surface area contributed by atoms with Crippen LogP contribution in [0.1, 0.15) is 11.1 Å². The summed E-state index contributed by atoms with van der Waals surface area (Å²) in [5.41, 5.74) is 3.27. The number of anilines is 1. The molecular weight excluding hydrogens is 270 g/mol. The van der Waals surface area contributed by atoms with E-state index in [0.717, 1.165) is 33.2 Å². The molecule has 0 saturated heterocycles. The molecule has 0 unspecified atom stereocenters. The summed E-state index contributed by atoms with van der Waals surface area (Å²) in [4.78, 5) is 8.73. The first kappa shape index (κ1) is 12.9. The van der Waals surface area contributed by atoms with Crippen molar-refractivity contribution in [2.75, 3.05) is 12.4 Å². The van der Waals surface area contributed by atoms with Crippen LogP contribution in [-0.2, 0) is 6.54 Å². The number of fused-ring (bicyclic) bond motifs is 1. The maximum absolute atomic E-state index is 5.36. The van der Waals surface area contributed by atoms with Gasteiger partial charge in [0.05, 0.1) is 11.8 Å². The molecule has 1 aromatic carbocycles. The van der Waals surface area contributed by atoms with Gasteiger partial charge in [-0.15, -0.1) is 0 Å². The summed E-state index contributed by atoms with van der Waals surface area (Å²) in [5, 5.41) is 4.24. The predicted molar refractivity (Wildman–Crippen MR) is 82.5 cm³/mol. The highest BCUT2D eigenvalue weighted by Crippen LogP contribution is 2.34. The zero-order chi connectivity index (χ0) is 13.9. The minimum atomic E-state index is 0.717. The van der Waals surface area contributed by atoms with Crippen molar-refractivity contribution < 1.29 is 4.74 Å². The third-order valence-electron chi connectivity index (χ3n) is 3.09. The van der Waals surface area contributed by atoms with Gasteiger partial charge in [-0.05, 0) is 30.2 Å². The molecule has 3 rings (SSSR count). The summed E-state index contributed by atoms with van der Waals surface area (Å²) in [5.74, 6) is 0.816. The van der Waals surface area contributed by atoms with Crippen LogP contribution < -0.4 is 10.1 Å². The number of benzene rings is 1. The number of rotatable bonds is 4. The molecule has 0 radical (unpaired) electrons. The van der Waals surface area contributed by atoms with Crippen LogP contribution in [0.25, 0.3) is 10.2 Å². The van der Waals surface area contributed by atoms with Gasteiger partial charge in [-0.2, -0.15) is 0 Å². The van der Waals surface area contributed by atoms with E-state index in [2.05, 4.69) is 28.3 Å². The Kier molecular flexibility index (Phi) is 3.52. The molecule has 2 aromatic heterocycles. The summed E-state index contributed by atoms with van der Waals surface area (Å²) in [6.45, 7) is 2.81. The van der Waals surface area contributed by atoms with Gasteiger partial charge in [0.25, 0.3) is 0 Å². The molecule has 1 N–H and O–H groups in total. The number of hydrogen-bond acceptors (Lipinski definition) is 5. The number of nitrogens with one attached hydrogen (secondary N) is 1. The van der Waals surface area contributed by atoms with Crippen LogP contribution in [0, 0.1) is 6.92 Å². The number of aromatic nitrogens is 2. The van der Waals surface area contributed by atoms with Crippen molar-refractivity contribution in [1.29, 1.82) is 0 Å². The van der Waals surface area contributed by atoms with E-state index in [1.807, 2.05) is 24.4 Å². The fourth-order valence-corrected chi connectivity index (χ4v) is 2.98. The molecular formula is C15H15N3OS. The molecule has 0 spiro atoms. The second kappa shape index (κ2) is 5.46. The molecule has 0 saturated carbocycles. The lowest BCUT2D eigenvalue weighted by molar-refractivity contribution is 0.419. The Morgan fingerprint density at radius 2 is 2.20 bits per heavy atom. The van der Waals surface area contributed by atoms with Gasteiger partial charge in [0.2, 0.25) is 0 Å². The van der Waals surface area contributed by atoms with Gasteiger partial charge >= 0.3 is 0 Å². The van der Waals surface area contributed by atoms with Gasteiger partial charge < -0.3 is 10.1 Å². The topological polar surface area (TPSA) is 47.0 Å². The second-order valence-corrected chi connectivity index (χ2v) is 5.50. The van der Waals surface area contributed by atoms with Gasteiger partial charge in [0, 0.05) is 18.9 Å². The lowest BCUT2D eigenvalue weighted by atomic mass is 10.2. The van der Waals surface area contributed by atoms with Crippen molar-refractivity contribution in [1.82, 2.24) is 9.97 Å². The minimum absolute atomic E-state index is 0.717. The van der Waals surface area contributed by atoms with E-state index in [4.69, 9.17) is 4.74 Å². The molecule has 0 aliphatic carbocycles. The molecule has 2 heterocycles. The zero-order valence-corrected chi connectivity index (χ0v) is 12.2. The van der Waals surface area contributed by atoms with Crippen molar-refractivity contribution >= 4 is 26.7 Å². The Morgan fingerprint density at radius 1 is 1.30 bits per heavy atom. The highest BCUT2D eigenvalue weighted by molar-refractivity contribution is 7.22. The van der Waals surface area contributed by atoms with E-state index >= 15 is 0 Å². The van der Waals surface area contributed by atoms with Gasteiger partial charge in [-0.25, -0.2) is 4.98 Å². The maximum Gasteiger partial charge on any atom is 0.184 e. The van der Waals surface area contributed by atoms with Crippen LogP contribution in [0.2, 0.25) is 0 Å². The number of thiazole rings is 1. The van der Waals surface area contributed by atoms with Crippen molar-refractivity contribution in [3.8, 4) is 5.75 Å². The van der Waals surface area contributed by atoms with E-state index in [0.29, 0.717) is 0 Å². The molecule has 20 heavy (non-hydrogen) atoms. The molecule has 0 amide bonds. The van der Waals surface area contributed by atoms with E-state index < -0.39 is 0 Å². The molecule has 4 nitrogen and oxygen atoms in total. The lowest BCUT2D eigenvalue weighted by Crippen LogP contribution is -1.98. The van der Waals surface area contributed by atoms with Crippen LogP contribution in [0.15, 0.2) is 36.7 Å². The van der Waals surface area contributed by atoms with E-state index in [-0.39, 0.29) is 0 Å². The fourth-order valence-electron chi connectivity index (χ4n) is 2.03. The Hall–Kier alpha value is -2.14. The van der Waals surface area contributed by atoms with Crippen molar-refractivity contribution in [3.05, 3.63) is 47.8 Å². The van der Waals surface area contributed by atoms with Gasteiger partial charge in [-0.1, -0.05) is 23.5 Å². The number of aryl methyl sites for hydroxylation is 1. The van der Waals surface area contributed by atoms with Crippen molar-refractivity contribution in [2.45, 2.75) is 13.5 Å². The van der Waals surface area contributed by atoms with Crippen LogP contribution in [0.4, 0.5) is 5.13 Å². The number of ether oxygens (including phenoxy) is 1. The average molecular weight is 285 g/mol. The summed E-state index contributed by atoms with van der Waals surface area (Å²) in [6, 6.07) is 7.99. The highest BCUT2D eigenvalue weighted by Gasteiger charge is 2.10. The van der Waals surface area contributed by atoms with Crippen molar-refractivity contribution in [2.24, 2.45) is 0 Å². The summed E-state index contributed by atoms with van der Waals surface area (Å²) < 4.78 is 6.53. The minimum Gasteiger partial charge on any atom is -0.494 e. The van der Waals surface area contributed by atoms with Crippen molar-refractivity contribution in [3.63, 3.8) is 0 Å². The normalized spacial score (nSPS) is 10.7. The summed E-state index contributed by atoms with van der Waals surface area (Å²) >= 11 is 1.65. The van der Waals surface area contributed by atoms with E-state index in [1.54, 1.807) is 24.6 Å². The van der Waals surface area contributed by atoms with Gasteiger partial charge in [0.1, 0.15) is 11.3 Å². The number of hydrogen-bond donors (Lipinski definition) is 1. The Balaban J connectivity index is 1.88. The standard InChI is InChI=1S/C15H15N3OS/c1-10-5-6-12(19-2)13-14(10)20-15(18-13)17-9-11-4-3-7-16-8-11/h3-8H,9H2,1-2H3,(H,17,18). The molecule has 5 heteroatoms. The molecule has 3 aromatic rings. The van der Waals surface area contributed by atoms with Gasteiger partial charge in [0.15, 0.2) is 5.13 Å². The summed E-state index contributed by atoms with van der Waals surface area (Å²) in [6.07, 6.45) is 3.63. The van der Waals surface area contributed by atoms with E-state index in [1.165, 1.54) is 5.56 Å². The molecule has 102 valence electrons. The van der Waals surface area contributed by atoms with Crippen LogP contribution in [0.5, 0.6) is 5.75 Å². The maximum atomic E-state index is 5.36. The van der Waals surface area contributed by atoms with Crippen LogP contribution >= 0.6 is 11.3 Å². The first-order chi connectivity index (χ1) is 9.78. The molecule has 0 fully saturated rings. The predicted octanol–water partition coefficient (Wildman–Crippen LogP) is 3.62. The first-order valence-electron chi connectivity index (χ1n) is 6.35. The zero-order valence-electron chi connectivity index (χ0n) is 11.4. The molecule has 0 aliphatic rings. The van der Waals surface area contributed by atoms with Gasteiger partial charge in [-0.3, -0.25) is 4.98 Å². The fraction of sp³-hybridized carbons (Fsp3) is 0.200. The quantitative estimate of drug-likeness (QED) is 0.795. The number of pyridine rings is 1. The highest BCUT2D eigenvalue weighted by atomic mass is 32.1. The smallest absolute Gasteiger partial charge is 0.184 e. The third kappa shape index (κ3) is 2.44. The summed E-state index contributed by atoms with van der Waals surface area (Å²) in [7, 11) is 1.67. The Morgan fingerprint density at radius 3 is 2.95 bits per heavy atom. The first-order valence-corrected chi connectivity index (χ1v) is 7.16. The SMILES string of the molecule is COc1ccc(C)c2sc(NCc3cccnc3)nc12. The largest absolute Gasteiger partial charge is 0.494 e. The van der Waals surface area contributed by atoms with Crippen LogP contribution in [-0.4, -0.2) is 17.1 Å². The number of methoxy groups -OCH3 is 1. The van der Waals surface area contributed by atoms with E-state index in [9.17, 15) is 0 Å².